The van der Waals surface area contributed by atoms with E-state index in [1.54, 1.807) is 0 Å². The molecule has 1 heterocycles. The van der Waals surface area contributed by atoms with Gasteiger partial charge in [0.05, 0.1) is 6.10 Å². The third kappa shape index (κ3) is 2.81. The molecule has 1 aromatic carbocycles. The lowest BCUT2D eigenvalue weighted by atomic mass is 9.96. The van der Waals surface area contributed by atoms with E-state index in [9.17, 15) is 0 Å². The van der Waals surface area contributed by atoms with Crippen molar-refractivity contribution in [2.75, 3.05) is 13.1 Å². The van der Waals surface area contributed by atoms with Gasteiger partial charge >= 0.3 is 0 Å². The second-order valence-corrected chi connectivity index (χ2v) is 5.38. The predicted molar refractivity (Wildman–Crippen MR) is 69.4 cm³/mol. The molecule has 1 saturated carbocycles. The first kappa shape index (κ1) is 11.1. The Balaban J connectivity index is 1.55. The van der Waals surface area contributed by atoms with Gasteiger partial charge in [-0.25, -0.2) is 0 Å². The highest BCUT2D eigenvalue weighted by Gasteiger charge is 2.19. The molecule has 1 aliphatic carbocycles. The normalized spacial score (nSPS) is 24.6. The highest BCUT2D eigenvalue weighted by atomic mass is 16.5. The molecule has 2 fully saturated rings. The maximum absolute atomic E-state index is 5.86. The Bertz CT molecular complexity index is 350. The second kappa shape index (κ2) is 5.09. The lowest BCUT2D eigenvalue weighted by Gasteiger charge is -2.26. The van der Waals surface area contributed by atoms with Gasteiger partial charge in [0.25, 0.3) is 0 Å². The molecule has 1 N–H and O–H groups in total. The first-order chi connectivity index (χ1) is 8.40. The Kier molecular flexibility index (Phi) is 3.32. The molecular formula is C15H21NO. The lowest BCUT2D eigenvalue weighted by Crippen LogP contribution is -2.24. The maximum Gasteiger partial charge on any atom is 0.119 e. The van der Waals surface area contributed by atoms with Crippen LogP contribution >= 0.6 is 0 Å². The van der Waals surface area contributed by atoms with Crippen LogP contribution in [0.1, 0.15) is 31.2 Å². The zero-order chi connectivity index (χ0) is 11.5. The largest absolute Gasteiger partial charge is 0.490 e. The van der Waals surface area contributed by atoms with Gasteiger partial charge in [-0.15, -0.1) is 0 Å². The minimum atomic E-state index is 0.486. The quantitative estimate of drug-likeness (QED) is 0.860. The van der Waals surface area contributed by atoms with E-state index in [0.717, 1.165) is 11.7 Å². The first-order valence-electron chi connectivity index (χ1n) is 6.86. The van der Waals surface area contributed by atoms with Crippen molar-refractivity contribution in [3.05, 3.63) is 29.8 Å². The van der Waals surface area contributed by atoms with Gasteiger partial charge in [0, 0.05) is 0 Å². The summed E-state index contributed by atoms with van der Waals surface area (Å²) in [6.07, 6.45) is 6.80. The Morgan fingerprint density at radius 2 is 1.94 bits per heavy atom. The van der Waals surface area contributed by atoms with E-state index in [0.29, 0.717) is 6.10 Å². The molecule has 0 spiro atoms. The van der Waals surface area contributed by atoms with Crippen LogP contribution in [0.4, 0.5) is 0 Å². The molecule has 92 valence electrons. The Hall–Kier alpha value is -1.02. The summed E-state index contributed by atoms with van der Waals surface area (Å²) in [5.41, 5.74) is 1.44. The SMILES string of the molecule is c1cc(OC2CCC2)ccc1CC1CCNC1. The van der Waals surface area contributed by atoms with Gasteiger partial charge in [-0.05, 0) is 68.8 Å². The summed E-state index contributed by atoms with van der Waals surface area (Å²) in [5.74, 6) is 1.87. The predicted octanol–water partition coefficient (Wildman–Crippen LogP) is 2.77. The zero-order valence-electron chi connectivity index (χ0n) is 10.3. The molecule has 0 amide bonds. The number of rotatable bonds is 4. The number of nitrogens with one attached hydrogen (secondary N) is 1. The second-order valence-electron chi connectivity index (χ2n) is 5.38. The van der Waals surface area contributed by atoms with Crippen LogP contribution in [-0.4, -0.2) is 19.2 Å². The Labute approximate surface area is 103 Å². The van der Waals surface area contributed by atoms with Crippen LogP contribution in [-0.2, 0) is 6.42 Å². The lowest BCUT2D eigenvalue weighted by molar-refractivity contribution is 0.120. The van der Waals surface area contributed by atoms with Crippen molar-refractivity contribution in [2.24, 2.45) is 5.92 Å². The first-order valence-corrected chi connectivity index (χ1v) is 6.86. The van der Waals surface area contributed by atoms with Crippen LogP contribution in [0.2, 0.25) is 0 Å². The van der Waals surface area contributed by atoms with Crippen molar-refractivity contribution >= 4 is 0 Å². The molecule has 1 unspecified atom stereocenters. The Morgan fingerprint density at radius 3 is 2.53 bits per heavy atom. The van der Waals surface area contributed by atoms with Gasteiger partial charge in [-0.3, -0.25) is 0 Å². The van der Waals surface area contributed by atoms with Crippen LogP contribution in [0.3, 0.4) is 0 Å². The fraction of sp³-hybridized carbons (Fsp3) is 0.600. The van der Waals surface area contributed by atoms with Gasteiger partial charge < -0.3 is 10.1 Å². The molecule has 0 bridgehead atoms. The van der Waals surface area contributed by atoms with Crippen LogP contribution in [0, 0.1) is 5.92 Å². The molecular weight excluding hydrogens is 210 g/mol. The van der Waals surface area contributed by atoms with E-state index in [2.05, 4.69) is 29.6 Å². The summed E-state index contributed by atoms with van der Waals surface area (Å²) >= 11 is 0. The molecule has 1 aromatic rings. The Morgan fingerprint density at radius 1 is 1.12 bits per heavy atom. The third-order valence-corrected chi connectivity index (χ3v) is 3.97. The fourth-order valence-electron chi connectivity index (χ4n) is 2.61. The van der Waals surface area contributed by atoms with Crippen molar-refractivity contribution in [3.8, 4) is 5.75 Å². The number of hydrogen-bond acceptors (Lipinski definition) is 2. The molecule has 2 nitrogen and oxygen atoms in total. The van der Waals surface area contributed by atoms with Crippen LogP contribution in [0.25, 0.3) is 0 Å². The van der Waals surface area contributed by atoms with Gasteiger partial charge in [0.15, 0.2) is 0 Å². The van der Waals surface area contributed by atoms with E-state index in [1.807, 2.05) is 0 Å². The number of ether oxygens (including phenoxy) is 1. The van der Waals surface area contributed by atoms with Crippen molar-refractivity contribution in [1.82, 2.24) is 5.32 Å². The van der Waals surface area contributed by atoms with Crippen LogP contribution in [0.5, 0.6) is 5.75 Å². The summed E-state index contributed by atoms with van der Waals surface area (Å²) < 4.78 is 5.86. The summed E-state index contributed by atoms with van der Waals surface area (Å²) in [7, 11) is 0. The monoisotopic (exact) mass is 231 g/mol. The zero-order valence-corrected chi connectivity index (χ0v) is 10.3. The van der Waals surface area contributed by atoms with E-state index in [4.69, 9.17) is 4.74 Å². The average Bonchev–Trinajstić information content (AvgIpc) is 2.78. The summed E-state index contributed by atoms with van der Waals surface area (Å²) in [6.45, 7) is 2.37. The van der Waals surface area contributed by atoms with Gasteiger partial charge in [-0.1, -0.05) is 12.1 Å². The summed E-state index contributed by atoms with van der Waals surface area (Å²) in [4.78, 5) is 0. The highest BCUT2D eigenvalue weighted by molar-refractivity contribution is 5.28. The van der Waals surface area contributed by atoms with Crippen molar-refractivity contribution < 1.29 is 4.74 Å². The third-order valence-electron chi connectivity index (χ3n) is 3.97. The fourth-order valence-corrected chi connectivity index (χ4v) is 2.61. The number of hydrogen-bond donors (Lipinski definition) is 1. The minimum absolute atomic E-state index is 0.486. The maximum atomic E-state index is 5.86. The van der Waals surface area contributed by atoms with E-state index >= 15 is 0 Å². The van der Waals surface area contributed by atoms with Gasteiger partial charge in [0.2, 0.25) is 0 Å². The van der Waals surface area contributed by atoms with Crippen molar-refractivity contribution in [3.63, 3.8) is 0 Å². The topological polar surface area (TPSA) is 21.3 Å². The van der Waals surface area contributed by atoms with E-state index < -0.39 is 0 Å². The van der Waals surface area contributed by atoms with E-state index in [-0.39, 0.29) is 0 Å². The van der Waals surface area contributed by atoms with Crippen molar-refractivity contribution in [2.45, 2.75) is 38.2 Å². The standard InChI is InChI=1S/C15H21NO/c1-2-14(3-1)17-15-6-4-12(5-7-15)10-13-8-9-16-11-13/h4-7,13-14,16H,1-3,8-11H2. The van der Waals surface area contributed by atoms with Crippen LogP contribution in [0.15, 0.2) is 24.3 Å². The smallest absolute Gasteiger partial charge is 0.119 e. The molecule has 0 radical (unpaired) electrons. The summed E-state index contributed by atoms with van der Waals surface area (Å²) in [5, 5.41) is 3.42. The van der Waals surface area contributed by atoms with Gasteiger partial charge in [-0.2, -0.15) is 0 Å². The van der Waals surface area contributed by atoms with Crippen molar-refractivity contribution in [1.29, 1.82) is 0 Å². The molecule has 0 aromatic heterocycles. The molecule has 2 heteroatoms. The number of benzene rings is 1. The van der Waals surface area contributed by atoms with E-state index in [1.165, 1.54) is 50.8 Å². The summed E-state index contributed by atoms with van der Waals surface area (Å²) in [6, 6.07) is 8.73. The molecule has 1 atom stereocenters. The van der Waals surface area contributed by atoms with Gasteiger partial charge in [0.1, 0.15) is 5.75 Å². The minimum Gasteiger partial charge on any atom is -0.490 e. The molecule has 2 aliphatic rings. The average molecular weight is 231 g/mol. The molecule has 17 heavy (non-hydrogen) atoms. The molecule has 1 saturated heterocycles. The van der Waals surface area contributed by atoms with Crippen LogP contribution < -0.4 is 10.1 Å². The molecule has 1 aliphatic heterocycles. The molecule has 3 rings (SSSR count). The highest BCUT2D eigenvalue weighted by Crippen LogP contribution is 2.25.